The molecule has 0 aliphatic rings. The van der Waals surface area contributed by atoms with Crippen molar-refractivity contribution in [3.05, 3.63) is 12.3 Å². The highest BCUT2D eigenvalue weighted by atomic mass is 14.7. The van der Waals surface area contributed by atoms with Gasteiger partial charge in [0.2, 0.25) is 0 Å². The molecule has 13 heavy (non-hydrogen) atoms. The molecule has 0 fully saturated rings. The average molecular weight is 181 g/mol. The molecule has 0 aromatic heterocycles. The van der Waals surface area contributed by atoms with Crippen LogP contribution in [-0.2, 0) is 0 Å². The van der Waals surface area contributed by atoms with Gasteiger partial charge in [0, 0.05) is 11.4 Å². The molecule has 0 aliphatic carbocycles. The van der Waals surface area contributed by atoms with E-state index in [1.165, 1.54) is 5.71 Å². The fraction of sp³-hybridized carbons (Fsp3) is 0.750. The van der Waals surface area contributed by atoms with Crippen molar-refractivity contribution in [2.24, 2.45) is 16.8 Å². The second kappa shape index (κ2) is 5.95. The SMILES string of the molecule is C=C(CC(C)C)N=C(C)CC(C)C. The quantitative estimate of drug-likeness (QED) is 0.567. The van der Waals surface area contributed by atoms with Crippen molar-refractivity contribution in [2.45, 2.75) is 47.5 Å². The van der Waals surface area contributed by atoms with E-state index >= 15 is 0 Å². The minimum absolute atomic E-state index is 0.656. The highest BCUT2D eigenvalue weighted by Gasteiger charge is 2.00. The van der Waals surface area contributed by atoms with Crippen molar-refractivity contribution in [1.29, 1.82) is 0 Å². The Labute approximate surface area is 83.0 Å². The molecular formula is C12H23N. The Kier molecular flexibility index (Phi) is 5.68. The number of hydrogen-bond donors (Lipinski definition) is 0. The maximum absolute atomic E-state index is 4.48. The Bertz CT molecular complexity index is 187. The van der Waals surface area contributed by atoms with Crippen LogP contribution in [0.1, 0.15) is 47.5 Å². The van der Waals surface area contributed by atoms with Crippen LogP contribution in [0.5, 0.6) is 0 Å². The standard InChI is InChI=1S/C12H23N/c1-9(2)7-11(5)13-12(6)8-10(3)4/h9-10H,5,7-8H2,1-4,6H3. The predicted molar refractivity (Wildman–Crippen MR) is 61.2 cm³/mol. The van der Waals surface area contributed by atoms with Crippen LogP contribution in [0.3, 0.4) is 0 Å². The van der Waals surface area contributed by atoms with Gasteiger partial charge in [-0.1, -0.05) is 34.3 Å². The van der Waals surface area contributed by atoms with Crippen LogP contribution in [-0.4, -0.2) is 5.71 Å². The molecule has 0 saturated heterocycles. The summed E-state index contributed by atoms with van der Waals surface area (Å²) in [5.74, 6) is 1.35. The summed E-state index contributed by atoms with van der Waals surface area (Å²) in [6.45, 7) is 14.9. The molecule has 0 spiro atoms. The first-order valence-electron chi connectivity index (χ1n) is 5.13. The molecule has 0 aromatic carbocycles. The van der Waals surface area contributed by atoms with E-state index in [0.29, 0.717) is 11.8 Å². The maximum atomic E-state index is 4.48. The normalized spacial score (nSPS) is 12.7. The van der Waals surface area contributed by atoms with Gasteiger partial charge in [-0.25, -0.2) is 0 Å². The first-order chi connectivity index (χ1) is 5.91. The number of aliphatic imine (C=N–C) groups is 1. The van der Waals surface area contributed by atoms with Crippen molar-refractivity contribution in [1.82, 2.24) is 0 Å². The molecule has 0 atom stereocenters. The van der Waals surface area contributed by atoms with E-state index in [9.17, 15) is 0 Å². The Balaban J connectivity index is 3.99. The molecule has 0 N–H and O–H groups in total. The highest BCUT2D eigenvalue weighted by molar-refractivity contribution is 5.82. The average Bonchev–Trinajstić information content (AvgIpc) is 1.80. The van der Waals surface area contributed by atoms with Gasteiger partial charge in [0.25, 0.3) is 0 Å². The molecule has 0 aromatic rings. The number of nitrogens with zero attached hydrogens (tertiary/aromatic N) is 1. The van der Waals surface area contributed by atoms with Gasteiger partial charge in [-0.2, -0.15) is 0 Å². The van der Waals surface area contributed by atoms with E-state index in [-0.39, 0.29) is 0 Å². The van der Waals surface area contributed by atoms with E-state index in [4.69, 9.17) is 0 Å². The lowest BCUT2D eigenvalue weighted by Crippen LogP contribution is -1.99. The Morgan fingerprint density at radius 3 is 1.92 bits per heavy atom. The van der Waals surface area contributed by atoms with Crippen molar-refractivity contribution >= 4 is 5.71 Å². The molecule has 0 rings (SSSR count). The molecule has 0 aliphatic heterocycles. The van der Waals surface area contributed by atoms with E-state index in [1.807, 2.05) is 0 Å². The van der Waals surface area contributed by atoms with Gasteiger partial charge in [0.1, 0.15) is 0 Å². The third-order valence-electron chi connectivity index (χ3n) is 1.70. The maximum Gasteiger partial charge on any atom is 0.0333 e. The summed E-state index contributed by atoms with van der Waals surface area (Å²) in [6, 6.07) is 0. The molecule has 1 heteroatoms. The van der Waals surface area contributed by atoms with Gasteiger partial charge in [-0.15, -0.1) is 0 Å². The first-order valence-corrected chi connectivity index (χ1v) is 5.13. The summed E-state index contributed by atoms with van der Waals surface area (Å²) in [5, 5.41) is 0. The lowest BCUT2D eigenvalue weighted by Gasteiger charge is -2.07. The third-order valence-corrected chi connectivity index (χ3v) is 1.70. The van der Waals surface area contributed by atoms with Crippen molar-refractivity contribution in [2.75, 3.05) is 0 Å². The van der Waals surface area contributed by atoms with Crippen molar-refractivity contribution in [3.63, 3.8) is 0 Å². The Hall–Kier alpha value is -0.590. The fourth-order valence-electron chi connectivity index (χ4n) is 1.42. The lowest BCUT2D eigenvalue weighted by atomic mass is 10.1. The first kappa shape index (κ1) is 12.4. The van der Waals surface area contributed by atoms with Gasteiger partial charge in [0.15, 0.2) is 0 Å². The Morgan fingerprint density at radius 1 is 1.08 bits per heavy atom. The molecule has 76 valence electrons. The minimum atomic E-state index is 0.656. The van der Waals surface area contributed by atoms with Gasteiger partial charge in [-0.3, -0.25) is 4.99 Å². The third kappa shape index (κ3) is 7.76. The molecule has 0 saturated carbocycles. The number of hydrogen-bond acceptors (Lipinski definition) is 1. The fourth-order valence-corrected chi connectivity index (χ4v) is 1.42. The van der Waals surface area contributed by atoms with Crippen molar-refractivity contribution < 1.29 is 0 Å². The molecule has 0 amide bonds. The van der Waals surface area contributed by atoms with Crippen LogP contribution in [0, 0.1) is 11.8 Å². The van der Waals surface area contributed by atoms with E-state index in [2.05, 4.69) is 46.2 Å². The molecule has 0 bridgehead atoms. The summed E-state index contributed by atoms with van der Waals surface area (Å²) in [7, 11) is 0. The summed E-state index contributed by atoms with van der Waals surface area (Å²) in [4.78, 5) is 4.48. The van der Waals surface area contributed by atoms with Gasteiger partial charge < -0.3 is 0 Å². The van der Waals surface area contributed by atoms with Crippen LogP contribution in [0.25, 0.3) is 0 Å². The largest absolute Gasteiger partial charge is 0.263 e. The molecular weight excluding hydrogens is 158 g/mol. The van der Waals surface area contributed by atoms with E-state index < -0.39 is 0 Å². The zero-order chi connectivity index (χ0) is 10.4. The predicted octanol–water partition coefficient (Wildman–Crippen LogP) is 4.05. The molecule has 1 nitrogen and oxygen atoms in total. The lowest BCUT2D eigenvalue weighted by molar-refractivity contribution is 0.637. The summed E-state index contributed by atoms with van der Waals surface area (Å²) >= 11 is 0. The van der Waals surface area contributed by atoms with E-state index in [0.717, 1.165) is 18.5 Å². The van der Waals surface area contributed by atoms with Crippen LogP contribution in [0.2, 0.25) is 0 Å². The zero-order valence-electron chi connectivity index (χ0n) is 9.72. The topological polar surface area (TPSA) is 12.4 Å². The Morgan fingerprint density at radius 2 is 1.54 bits per heavy atom. The van der Waals surface area contributed by atoms with Gasteiger partial charge in [-0.05, 0) is 31.6 Å². The van der Waals surface area contributed by atoms with E-state index in [1.54, 1.807) is 0 Å². The molecule has 0 radical (unpaired) electrons. The molecule has 0 heterocycles. The number of allylic oxidation sites excluding steroid dienone is 1. The minimum Gasteiger partial charge on any atom is -0.263 e. The summed E-state index contributed by atoms with van der Waals surface area (Å²) in [5.41, 5.74) is 2.23. The highest BCUT2D eigenvalue weighted by Crippen LogP contribution is 2.11. The summed E-state index contributed by atoms with van der Waals surface area (Å²) in [6.07, 6.45) is 2.09. The van der Waals surface area contributed by atoms with Crippen LogP contribution in [0.15, 0.2) is 17.3 Å². The monoisotopic (exact) mass is 181 g/mol. The van der Waals surface area contributed by atoms with Crippen molar-refractivity contribution in [3.8, 4) is 0 Å². The summed E-state index contributed by atoms with van der Waals surface area (Å²) < 4.78 is 0. The van der Waals surface area contributed by atoms with Crippen LogP contribution < -0.4 is 0 Å². The molecule has 0 unspecified atom stereocenters. The van der Waals surface area contributed by atoms with Gasteiger partial charge in [0.05, 0.1) is 0 Å². The second-order valence-electron chi connectivity index (χ2n) is 4.61. The van der Waals surface area contributed by atoms with Crippen LogP contribution >= 0.6 is 0 Å². The smallest absolute Gasteiger partial charge is 0.0333 e. The second-order valence-corrected chi connectivity index (χ2v) is 4.61. The van der Waals surface area contributed by atoms with Crippen LogP contribution in [0.4, 0.5) is 0 Å². The zero-order valence-corrected chi connectivity index (χ0v) is 9.72. The van der Waals surface area contributed by atoms with Gasteiger partial charge >= 0.3 is 0 Å². The number of rotatable bonds is 5.